The lowest BCUT2D eigenvalue weighted by atomic mass is 10.1. The molecule has 0 N–H and O–H groups in total. The van der Waals surface area contributed by atoms with Crippen LogP contribution in [-0.4, -0.2) is 12.4 Å². The van der Waals surface area contributed by atoms with Crippen molar-refractivity contribution in [3.05, 3.63) is 58.7 Å². The number of nitrogens with zero attached hydrogens (tertiary/aromatic N) is 1. The highest BCUT2D eigenvalue weighted by Crippen LogP contribution is 2.26. The Kier molecular flexibility index (Phi) is 4.01. The van der Waals surface area contributed by atoms with Crippen LogP contribution in [0.4, 0.5) is 11.4 Å². The Bertz CT molecular complexity index is 617. The molecule has 1 nitrogen and oxygen atoms in total. The number of rotatable bonds is 3. The van der Waals surface area contributed by atoms with Gasteiger partial charge in [0.1, 0.15) is 0 Å². The predicted octanol–water partition coefficient (Wildman–Crippen LogP) is 4.73. The number of hydrogen-bond acceptors (Lipinski definition) is 2. The van der Waals surface area contributed by atoms with E-state index in [4.69, 9.17) is 12.2 Å². The van der Waals surface area contributed by atoms with Crippen molar-refractivity contribution in [2.24, 2.45) is 0 Å². The summed E-state index contributed by atoms with van der Waals surface area (Å²) in [6, 6.07) is 12.9. The summed E-state index contributed by atoms with van der Waals surface area (Å²) in [7, 11) is 2.09. The van der Waals surface area contributed by atoms with E-state index in [1.165, 1.54) is 22.4 Å². The first kappa shape index (κ1) is 13.8. The molecule has 0 amide bonds. The van der Waals surface area contributed by atoms with Crippen LogP contribution < -0.4 is 4.90 Å². The van der Waals surface area contributed by atoms with E-state index in [0.717, 1.165) is 11.3 Å². The first-order valence-corrected chi connectivity index (χ1v) is 6.87. The molecule has 0 aromatic heterocycles. The van der Waals surface area contributed by atoms with Crippen LogP contribution >= 0.6 is 12.2 Å². The first-order valence-electron chi connectivity index (χ1n) is 6.39. The minimum atomic E-state index is 1.11. The maximum atomic E-state index is 5.06. The molecule has 98 valence electrons. The topological polar surface area (TPSA) is 3.24 Å². The number of anilines is 2. The Morgan fingerprint density at radius 3 is 2.00 bits per heavy atom. The maximum absolute atomic E-state index is 5.06. The van der Waals surface area contributed by atoms with Gasteiger partial charge in [0, 0.05) is 23.8 Å². The Balaban J connectivity index is 2.40. The van der Waals surface area contributed by atoms with E-state index in [2.05, 4.69) is 69.1 Å². The fraction of sp³-hybridized carbons (Fsp3) is 0.235. The van der Waals surface area contributed by atoms with Gasteiger partial charge in [-0.15, -0.1) is 0 Å². The van der Waals surface area contributed by atoms with Crippen molar-refractivity contribution in [2.75, 3.05) is 11.9 Å². The minimum Gasteiger partial charge on any atom is -0.345 e. The second kappa shape index (κ2) is 5.54. The van der Waals surface area contributed by atoms with Crippen LogP contribution in [0.25, 0.3) is 0 Å². The summed E-state index contributed by atoms with van der Waals surface area (Å²) in [6.07, 6.45) is 0. The highest BCUT2D eigenvalue weighted by molar-refractivity contribution is 7.79. The summed E-state index contributed by atoms with van der Waals surface area (Å²) in [4.78, 5) is 2.19. The molecule has 0 radical (unpaired) electrons. The third kappa shape index (κ3) is 2.85. The van der Waals surface area contributed by atoms with Crippen molar-refractivity contribution in [3.8, 4) is 0 Å². The molecule has 0 saturated carbocycles. The molecular formula is C17H19NS. The van der Waals surface area contributed by atoms with E-state index in [1.807, 2.05) is 0 Å². The Labute approximate surface area is 120 Å². The van der Waals surface area contributed by atoms with Crippen LogP contribution in [0.3, 0.4) is 0 Å². The van der Waals surface area contributed by atoms with E-state index >= 15 is 0 Å². The lowest BCUT2D eigenvalue weighted by Gasteiger charge is -2.21. The molecule has 2 heteroatoms. The molecule has 2 rings (SSSR count). The maximum Gasteiger partial charge on any atom is 0.0414 e. The van der Waals surface area contributed by atoms with Gasteiger partial charge >= 0.3 is 0 Å². The fourth-order valence-corrected chi connectivity index (χ4v) is 2.30. The van der Waals surface area contributed by atoms with E-state index in [9.17, 15) is 0 Å². The monoisotopic (exact) mass is 269 g/mol. The van der Waals surface area contributed by atoms with E-state index in [1.54, 1.807) is 5.37 Å². The summed E-state index contributed by atoms with van der Waals surface area (Å²) in [5, 5.41) is 1.74. The molecule has 0 bridgehead atoms. The van der Waals surface area contributed by atoms with Gasteiger partial charge in [0.2, 0.25) is 0 Å². The highest BCUT2D eigenvalue weighted by Gasteiger charge is 2.06. The molecule has 0 atom stereocenters. The molecule has 0 saturated heterocycles. The van der Waals surface area contributed by atoms with Gasteiger partial charge in [-0.2, -0.15) is 0 Å². The molecule has 2 aromatic rings. The Morgan fingerprint density at radius 1 is 0.842 bits per heavy atom. The van der Waals surface area contributed by atoms with Crippen LogP contribution in [0.1, 0.15) is 22.3 Å². The number of benzene rings is 2. The summed E-state index contributed by atoms with van der Waals surface area (Å²) < 4.78 is 0. The predicted molar refractivity (Wildman–Crippen MR) is 87.9 cm³/mol. The zero-order chi connectivity index (χ0) is 14.0. The molecule has 0 spiro atoms. The minimum absolute atomic E-state index is 1.11. The fourth-order valence-electron chi connectivity index (χ4n) is 2.05. The van der Waals surface area contributed by atoms with Gasteiger partial charge in [0.05, 0.1) is 0 Å². The lowest BCUT2D eigenvalue weighted by molar-refractivity contribution is 1.19. The van der Waals surface area contributed by atoms with Crippen molar-refractivity contribution < 1.29 is 0 Å². The normalized spacial score (nSPS) is 10.3. The Morgan fingerprint density at radius 2 is 1.42 bits per heavy atom. The third-order valence-electron chi connectivity index (χ3n) is 3.65. The van der Waals surface area contributed by atoms with Gasteiger partial charge in [-0.05, 0) is 67.3 Å². The highest BCUT2D eigenvalue weighted by atomic mass is 32.1. The SMILES string of the molecule is Cc1ccc(N(C)c2ccc(C)c(C=S)c2)cc1C. The Hall–Kier alpha value is -1.67. The van der Waals surface area contributed by atoms with Crippen LogP contribution in [0.15, 0.2) is 36.4 Å². The molecule has 0 unspecified atom stereocenters. The summed E-state index contributed by atoms with van der Waals surface area (Å²) >= 11 is 5.06. The van der Waals surface area contributed by atoms with Crippen molar-refractivity contribution in [1.29, 1.82) is 0 Å². The van der Waals surface area contributed by atoms with Crippen LogP contribution in [-0.2, 0) is 0 Å². The standard InChI is InChI=1S/C17H19NS/c1-12-5-7-16(9-14(12)3)18(4)17-8-6-13(2)15(10-17)11-19/h5-11H,1-4H3. The van der Waals surface area contributed by atoms with Crippen molar-refractivity contribution in [3.63, 3.8) is 0 Å². The summed E-state index contributed by atoms with van der Waals surface area (Å²) in [5.41, 5.74) is 7.31. The molecule has 0 fully saturated rings. The average molecular weight is 269 g/mol. The van der Waals surface area contributed by atoms with Crippen LogP contribution in [0, 0.1) is 20.8 Å². The quantitative estimate of drug-likeness (QED) is 0.741. The van der Waals surface area contributed by atoms with Crippen molar-refractivity contribution >= 4 is 29.0 Å². The largest absolute Gasteiger partial charge is 0.345 e. The molecular weight excluding hydrogens is 250 g/mol. The summed E-state index contributed by atoms with van der Waals surface area (Å²) in [6.45, 7) is 6.36. The molecule has 19 heavy (non-hydrogen) atoms. The van der Waals surface area contributed by atoms with Gasteiger partial charge in [0.25, 0.3) is 0 Å². The smallest absolute Gasteiger partial charge is 0.0414 e. The first-order chi connectivity index (χ1) is 9.02. The third-order valence-corrected chi connectivity index (χ3v) is 3.91. The number of aryl methyl sites for hydroxylation is 3. The van der Waals surface area contributed by atoms with Gasteiger partial charge in [-0.25, -0.2) is 0 Å². The molecule has 0 heterocycles. The second-order valence-electron chi connectivity index (χ2n) is 4.99. The second-order valence-corrected chi connectivity index (χ2v) is 5.22. The van der Waals surface area contributed by atoms with E-state index < -0.39 is 0 Å². The summed E-state index contributed by atoms with van der Waals surface area (Å²) in [5.74, 6) is 0. The van der Waals surface area contributed by atoms with Crippen LogP contribution in [0.2, 0.25) is 0 Å². The van der Waals surface area contributed by atoms with Crippen LogP contribution in [0.5, 0.6) is 0 Å². The molecule has 2 aromatic carbocycles. The van der Waals surface area contributed by atoms with E-state index in [-0.39, 0.29) is 0 Å². The number of hydrogen-bond donors (Lipinski definition) is 0. The number of thiocarbonyl (C=S) groups is 1. The lowest BCUT2D eigenvalue weighted by Crippen LogP contribution is -2.10. The average Bonchev–Trinajstić information content (AvgIpc) is 2.41. The van der Waals surface area contributed by atoms with E-state index in [0.29, 0.717) is 0 Å². The zero-order valence-corrected chi connectivity index (χ0v) is 12.7. The van der Waals surface area contributed by atoms with Crippen molar-refractivity contribution in [1.82, 2.24) is 0 Å². The molecule has 0 aliphatic carbocycles. The molecule has 0 aliphatic rings. The molecule has 0 aliphatic heterocycles. The zero-order valence-electron chi connectivity index (χ0n) is 11.9. The van der Waals surface area contributed by atoms with Gasteiger partial charge < -0.3 is 4.90 Å². The van der Waals surface area contributed by atoms with Gasteiger partial charge in [-0.1, -0.05) is 24.4 Å². The van der Waals surface area contributed by atoms with Gasteiger partial charge in [0.15, 0.2) is 0 Å². The van der Waals surface area contributed by atoms with Crippen molar-refractivity contribution in [2.45, 2.75) is 20.8 Å². The van der Waals surface area contributed by atoms with Gasteiger partial charge in [-0.3, -0.25) is 0 Å².